The van der Waals surface area contributed by atoms with Crippen molar-refractivity contribution in [2.24, 2.45) is 5.92 Å². The molecule has 1 fully saturated rings. The van der Waals surface area contributed by atoms with E-state index in [-0.39, 0.29) is 18.0 Å². The van der Waals surface area contributed by atoms with E-state index in [1.807, 2.05) is 6.92 Å². The van der Waals surface area contributed by atoms with E-state index in [4.69, 9.17) is 6.42 Å². The molecule has 2 unspecified atom stereocenters. The highest BCUT2D eigenvalue weighted by Gasteiger charge is 2.22. The number of nitrogens with one attached hydrogen (secondary N) is 2. The van der Waals surface area contributed by atoms with Gasteiger partial charge < -0.3 is 5.32 Å². The first-order valence-corrected chi connectivity index (χ1v) is 6.57. The van der Waals surface area contributed by atoms with Crippen molar-refractivity contribution in [3.05, 3.63) is 0 Å². The zero-order chi connectivity index (χ0) is 12.8. The van der Waals surface area contributed by atoms with Crippen LogP contribution in [0, 0.1) is 18.3 Å². The van der Waals surface area contributed by atoms with Crippen LogP contribution in [0.15, 0.2) is 0 Å². The lowest BCUT2D eigenvalue weighted by molar-refractivity contribution is -0.123. The van der Waals surface area contributed by atoms with Crippen molar-refractivity contribution in [3.8, 4) is 12.3 Å². The monoisotopic (exact) mass is 236 g/mol. The molecule has 0 heterocycles. The highest BCUT2D eigenvalue weighted by molar-refractivity contribution is 5.81. The highest BCUT2D eigenvalue weighted by Crippen LogP contribution is 2.17. The van der Waals surface area contributed by atoms with Crippen molar-refractivity contribution in [1.29, 1.82) is 0 Å². The zero-order valence-corrected chi connectivity index (χ0v) is 11.1. The first-order chi connectivity index (χ1) is 8.04. The summed E-state index contributed by atoms with van der Waals surface area (Å²) in [4.78, 5) is 11.9. The van der Waals surface area contributed by atoms with Crippen LogP contribution in [0.3, 0.4) is 0 Å². The van der Waals surface area contributed by atoms with E-state index in [0.29, 0.717) is 12.0 Å². The Morgan fingerprint density at radius 3 is 2.35 bits per heavy atom. The number of rotatable bonds is 5. The molecule has 0 radical (unpaired) electrons. The predicted molar refractivity (Wildman–Crippen MR) is 70.5 cm³/mol. The van der Waals surface area contributed by atoms with Crippen LogP contribution in [0.4, 0.5) is 0 Å². The molecule has 0 aliphatic heterocycles. The summed E-state index contributed by atoms with van der Waals surface area (Å²) in [6.45, 7) is 5.98. The molecular weight excluding hydrogens is 212 g/mol. The Hall–Kier alpha value is -1.01. The van der Waals surface area contributed by atoms with Crippen LogP contribution in [0.25, 0.3) is 0 Å². The topological polar surface area (TPSA) is 41.1 Å². The van der Waals surface area contributed by atoms with Gasteiger partial charge in [0.1, 0.15) is 0 Å². The summed E-state index contributed by atoms with van der Waals surface area (Å²) in [5, 5.41) is 6.27. The lowest BCUT2D eigenvalue weighted by atomic mass is 10.0. The second-order valence-electron chi connectivity index (χ2n) is 5.27. The van der Waals surface area contributed by atoms with Crippen molar-refractivity contribution in [3.63, 3.8) is 0 Å². The van der Waals surface area contributed by atoms with Crippen LogP contribution < -0.4 is 10.6 Å². The van der Waals surface area contributed by atoms with Crippen molar-refractivity contribution < 1.29 is 4.79 Å². The summed E-state index contributed by atoms with van der Waals surface area (Å²) >= 11 is 0. The van der Waals surface area contributed by atoms with Gasteiger partial charge in [-0.05, 0) is 25.7 Å². The molecule has 1 rings (SSSR count). The fourth-order valence-electron chi connectivity index (χ4n) is 2.17. The lowest BCUT2D eigenvalue weighted by Gasteiger charge is -2.23. The maximum Gasteiger partial charge on any atom is 0.237 e. The Balaban J connectivity index is 2.38. The minimum atomic E-state index is -0.223. The van der Waals surface area contributed by atoms with E-state index >= 15 is 0 Å². The first-order valence-electron chi connectivity index (χ1n) is 6.57. The predicted octanol–water partition coefficient (Wildman–Crippen LogP) is 1.68. The number of terminal acetylenes is 1. The third-order valence-corrected chi connectivity index (χ3v) is 3.37. The molecule has 0 aromatic rings. The van der Waals surface area contributed by atoms with Crippen molar-refractivity contribution in [2.45, 2.75) is 64.6 Å². The van der Waals surface area contributed by atoms with Gasteiger partial charge >= 0.3 is 0 Å². The Bertz CT molecular complexity index is 287. The van der Waals surface area contributed by atoms with Gasteiger partial charge in [0, 0.05) is 6.04 Å². The molecular formula is C14H24N2O. The summed E-state index contributed by atoms with van der Waals surface area (Å²) in [6, 6.07) is 0.105. The number of carbonyl (C=O) groups is 1. The molecule has 0 bridgehead atoms. The van der Waals surface area contributed by atoms with Gasteiger partial charge in [-0.3, -0.25) is 10.1 Å². The lowest BCUT2D eigenvalue weighted by Crippen LogP contribution is -2.49. The van der Waals surface area contributed by atoms with E-state index in [2.05, 4.69) is 30.4 Å². The standard InChI is InChI=1S/C14H24N2O/c1-5-13(10(2)3)15-11(4)14(17)16-12-8-6-7-9-12/h1,10-13,15H,6-9H2,2-4H3,(H,16,17). The summed E-state index contributed by atoms with van der Waals surface area (Å²) in [5.74, 6) is 3.09. The maximum atomic E-state index is 11.9. The van der Waals surface area contributed by atoms with Gasteiger partial charge in [0.05, 0.1) is 12.1 Å². The Kier molecular flexibility index (Phi) is 5.50. The van der Waals surface area contributed by atoms with Crippen LogP contribution in [0.1, 0.15) is 46.5 Å². The molecule has 0 aromatic carbocycles. The van der Waals surface area contributed by atoms with E-state index in [9.17, 15) is 4.79 Å². The number of carbonyl (C=O) groups excluding carboxylic acids is 1. The second-order valence-corrected chi connectivity index (χ2v) is 5.27. The Morgan fingerprint density at radius 2 is 1.88 bits per heavy atom. The van der Waals surface area contributed by atoms with Crippen LogP contribution >= 0.6 is 0 Å². The van der Waals surface area contributed by atoms with Gasteiger partial charge in [-0.15, -0.1) is 6.42 Å². The molecule has 0 aromatic heterocycles. The molecule has 1 amide bonds. The third kappa shape index (κ3) is 4.40. The number of hydrogen-bond acceptors (Lipinski definition) is 2. The minimum absolute atomic E-state index is 0.0423. The molecule has 3 nitrogen and oxygen atoms in total. The summed E-state index contributed by atoms with van der Waals surface area (Å²) < 4.78 is 0. The molecule has 1 aliphatic rings. The number of amides is 1. The quantitative estimate of drug-likeness (QED) is 0.713. The first kappa shape index (κ1) is 14.1. The fraction of sp³-hybridized carbons (Fsp3) is 0.786. The average molecular weight is 236 g/mol. The summed E-state index contributed by atoms with van der Waals surface area (Å²) in [6.07, 6.45) is 10.1. The largest absolute Gasteiger partial charge is 0.352 e. The fourth-order valence-corrected chi connectivity index (χ4v) is 2.17. The SMILES string of the molecule is C#CC(NC(C)C(=O)NC1CCCC1)C(C)C. The Morgan fingerprint density at radius 1 is 1.29 bits per heavy atom. The van der Waals surface area contributed by atoms with E-state index in [1.54, 1.807) is 0 Å². The Labute approximate surface area is 105 Å². The molecule has 0 spiro atoms. The highest BCUT2D eigenvalue weighted by atomic mass is 16.2. The van der Waals surface area contributed by atoms with Crippen molar-refractivity contribution in [2.75, 3.05) is 0 Å². The number of hydrogen-bond donors (Lipinski definition) is 2. The molecule has 3 heteroatoms. The molecule has 2 N–H and O–H groups in total. The molecule has 0 saturated heterocycles. The normalized spacial score (nSPS) is 19.9. The molecule has 2 atom stereocenters. The van der Waals surface area contributed by atoms with Crippen LogP contribution in [0.5, 0.6) is 0 Å². The molecule has 1 aliphatic carbocycles. The zero-order valence-electron chi connectivity index (χ0n) is 11.1. The van der Waals surface area contributed by atoms with E-state index in [0.717, 1.165) is 12.8 Å². The average Bonchev–Trinajstić information content (AvgIpc) is 2.77. The third-order valence-electron chi connectivity index (χ3n) is 3.37. The smallest absolute Gasteiger partial charge is 0.237 e. The van der Waals surface area contributed by atoms with Gasteiger partial charge in [-0.1, -0.05) is 32.6 Å². The summed E-state index contributed by atoms with van der Waals surface area (Å²) in [5.41, 5.74) is 0. The van der Waals surface area contributed by atoms with Crippen LogP contribution in [-0.4, -0.2) is 24.0 Å². The van der Waals surface area contributed by atoms with Crippen LogP contribution in [-0.2, 0) is 4.79 Å². The van der Waals surface area contributed by atoms with Crippen LogP contribution in [0.2, 0.25) is 0 Å². The van der Waals surface area contributed by atoms with Gasteiger partial charge in [0.2, 0.25) is 5.91 Å². The maximum absolute atomic E-state index is 11.9. The van der Waals surface area contributed by atoms with Gasteiger partial charge in [-0.2, -0.15) is 0 Å². The van der Waals surface area contributed by atoms with Gasteiger partial charge in [0.15, 0.2) is 0 Å². The summed E-state index contributed by atoms with van der Waals surface area (Å²) in [7, 11) is 0. The van der Waals surface area contributed by atoms with E-state index in [1.165, 1.54) is 12.8 Å². The second kappa shape index (κ2) is 6.66. The van der Waals surface area contributed by atoms with E-state index < -0.39 is 0 Å². The molecule has 96 valence electrons. The van der Waals surface area contributed by atoms with Gasteiger partial charge in [0.25, 0.3) is 0 Å². The minimum Gasteiger partial charge on any atom is -0.352 e. The van der Waals surface area contributed by atoms with Gasteiger partial charge in [-0.25, -0.2) is 0 Å². The van der Waals surface area contributed by atoms with Crippen molar-refractivity contribution >= 4 is 5.91 Å². The van der Waals surface area contributed by atoms with Crippen molar-refractivity contribution in [1.82, 2.24) is 10.6 Å². The molecule has 17 heavy (non-hydrogen) atoms. The molecule has 1 saturated carbocycles.